The van der Waals surface area contributed by atoms with Gasteiger partial charge in [-0.2, -0.15) is 5.26 Å². The fourth-order valence-electron chi connectivity index (χ4n) is 2.93. The van der Waals surface area contributed by atoms with Crippen molar-refractivity contribution in [1.82, 2.24) is 4.98 Å². The lowest BCUT2D eigenvalue weighted by molar-refractivity contribution is 0.0528. The Morgan fingerprint density at radius 3 is 2.37 bits per heavy atom. The van der Waals surface area contributed by atoms with Gasteiger partial charge in [-0.1, -0.05) is 60.2 Å². The second-order valence-corrected chi connectivity index (χ2v) is 6.03. The molecule has 1 heterocycles. The van der Waals surface area contributed by atoms with E-state index in [1.54, 1.807) is 6.92 Å². The second-order valence-electron chi connectivity index (χ2n) is 6.03. The van der Waals surface area contributed by atoms with Crippen LogP contribution in [0.3, 0.4) is 0 Å². The monoisotopic (exact) mass is 357 g/mol. The lowest BCUT2D eigenvalue weighted by Crippen LogP contribution is -2.13. The minimum Gasteiger partial charge on any atom is -0.462 e. The molecule has 2 aromatic carbocycles. The number of nitriles is 1. The molecule has 0 saturated carbocycles. The smallest absolute Gasteiger partial charge is 0.341 e. The molecule has 5 nitrogen and oxygen atoms in total. The molecule has 134 valence electrons. The second kappa shape index (κ2) is 7.71. The summed E-state index contributed by atoms with van der Waals surface area (Å²) in [5, 5.41) is 9.69. The average Bonchev–Trinajstić information content (AvgIpc) is 2.68. The number of hydrogen-bond acceptors (Lipinski definition) is 5. The Morgan fingerprint density at radius 1 is 1.11 bits per heavy atom. The number of nitrogens with zero attached hydrogens (tertiary/aromatic N) is 2. The van der Waals surface area contributed by atoms with E-state index in [4.69, 9.17) is 10.5 Å². The molecule has 2 N–H and O–H groups in total. The molecule has 0 saturated heterocycles. The number of benzene rings is 2. The van der Waals surface area contributed by atoms with Crippen LogP contribution in [0.4, 0.5) is 5.82 Å². The van der Waals surface area contributed by atoms with E-state index in [0.29, 0.717) is 16.8 Å². The summed E-state index contributed by atoms with van der Waals surface area (Å²) in [5.74, 6) is -0.448. The van der Waals surface area contributed by atoms with Gasteiger partial charge >= 0.3 is 5.97 Å². The van der Waals surface area contributed by atoms with Crippen molar-refractivity contribution in [3.63, 3.8) is 0 Å². The largest absolute Gasteiger partial charge is 0.462 e. The maximum atomic E-state index is 12.9. The van der Waals surface area contributed by atoms with Gasteiger partial charge < -0.3 is 10.5 Å². The number of aromatic nitrogens is 1. The number of ether oxygens (including phenoxy) is 1. The third kappa shape index (κ3) is 3.51. The van der Waals surface area contributed by atoms with E-state index in [9.17, 15) is 10.1 Å². The Kier molecular flexibility index (Phi) is 5.18. The Labute approximate surface area is 158 Å². The van der Waals surface area contributed by atoms with Crippen LogP contribution < -0.4 is 5.73 Å². The van der Waals surface area contributed by atoms with E-state index < -0.39 is 5.97 Å². The molecule has 3 aromatic rings. The Balaban J connectivity index is 2.41. The number of anilines is 1. The van der Waals surface area contributed by atoms with E-state index in [2.05, 4.69) is 11.1 Å². The van der Waals surface area contributed by atoms with Gasteiger partial charge in [0, 0.05) is 11.1 Å². The van der Waals surface area contributed by atoms with E-state index in [1.807, 2.05) is 61.5 Å². The molecule has 1 aromatic heterocycles. The fourth-order valence-corrected chi connectivity index (χ4v) is 2.93. The third-order valence-electron chi connectivity index (χ3n) is 4.20. The number of rotatable bonds is 4. The van der Waals surface area contributed by atoms with Crippen molar-refractivity contribution in [2.45, 2.75) is 13.8 Å². The SMILES string of the molecule is CCOC(=O)c1c(-c2ccccc2)nc(N)c(C#N)c1-c1ccc(C)cc1. The zero-order chi connectivity index (χ0) is 19.4. The maximum Gasteiger partial charge on any atom is 0.341 e. The number of pyridine rings is 1. The van der Waals surface area contributed by atoms with Gasteiger partial charge in [0.15, 0.2) is 0 Å². The molecule has 0 spiro atoms. The van der Waals surface area contributed by atoms with Gasteiger partial charge in [0.25, 0.3) is 0 Å². The lowest BCUT2D eigenvalue weighted by Gasteiger charge is -2.17. The average molecular weight is 357 g/mol. The molecule has 0 fully saturated rings. The van der Waals surface area contributed by atoms with Crippen LogP contribution in [0.1, 0.15) is 28.4 Å². The maximum absolute atomic E-state index is 12.9. The van der Waals surface area contributed by atoms with Crippen molar-refractivity contribution in [3.8, 4) is 28.5 Å². The van der Waals surface area contributed by atoms with Gasteiger partial charge in [0.2, 0.25) is 0 Å². The topological polar surface area (TPSA) is 89.0 Å². The molecule has 0 aliphatic rings. The van der Waals surface area contributed by atoms with Crippen LogP contribution in [0.25, 0.3) is 22.4 Å². The van der Waals surface area contributed by atoms with Crippen molar-refractivity contribution < 1.29 is 9.53 Å². The van der Waals surface area contributed by atoms with Gasteiger partial charge in [0.05, 0.1) is 17.9 Å². The Hall–Kier alpha value is -3.65. The summed E-state index contributed by atoms with van der Waals surface area (Å²) >= 11 is 0. The van der Waals surface area contributed by atoms with Crippen LogP contribution in [-0.4, -0.2) is 17.6 Å². The number of carbonyl (C=O) groups is 1. The molecule has 27 heavy (non-hydrogen) atoms. The number of hydrogen-bond donors (Lipinski definition) is 1. The van der Waals surface area contributed by atoms with Crippen LogP contribution in [-0.2, 0) is 4.74 Å². The molecule has 0 atom stereocenters. The molecular formula is C22H19N3O2. The number of carbonyl (C=O) groups excluding carboxylic acids is 1. The molecule has 0 amide bonds. The van der Waals surface area contributed by atoms with Gasteiger partial charge in [-0.3, -0.25) is 0 Å². The van der Waals surface area contributed by atoms with Crippen LogP contribution >= 0.6 is 0 Å². The van der Waals surface area contributed by atoms with Crippen molar-refractivity contribution >= 4 is 11.8 Å². The van der Waals surface area contributed by atoms with Crippen LogP contribution in [0.2, 0.25) is 0 Å². The van der Waals surface area contributed by atoms with Gasteiger partial charge in [-0.15, -0.1) is 0 Å². The number of aryl methyl sites for hydroxylation is 1. The normalized spacial score (nSPS) is 10.3. The highest BCUT2D eigenvalue weighted by atomic mass is 16.5. The lowest BCUT2D eigenvalue weighted by atomic mass is 9.91. The molecular weight excluding hydrogens is 338 g/mol. The van der Waals surface area contributed by atoms with Gasteiger partial charge in [-0.25, -0.2) is 9.78 Å². The summed E-state index contributed by atoms with van der Waals surface area (Å²) in [7, 11) is 0. The van der Waals surface area contributed by atoms with Gasteiger partial charge in [0.1, 0.15) is 17.5 Å². The minimum absolute atomic E-state index is 0.0833. The van der Waals surface area contributed by atoms with Gasteiger partial charge in [-0.05, 0) is 19.4 Å². The minimum atomic E-state index is -0.532. The summed E-state index contributed by atoms with van der Waals surface area (Å²) in [6, 6.07) is 18.9. The molecule has 5 heteroatoms. The first kappa shape index (κ1) is 18.2. The molecule has 0 aliphatic heterocycles. The fraction of sp³-hybridized carbons (Fsp3) is 0.136. The number of esters is 1. The Morgan fingerprint density at radius 2 is 1.78 bits per heavy atom. The standard InChI is InChI=1S/C22H19N3O2/c1-3-27-22(26)19-18(15-11-9-14(2)10-12-15)17(13-23)21(24)25-20(19)16-7-5-4-6-8-16/h4-12H,3H2,1-2H3,(H2,24,25). The molecule has 0 radical (unpaired) electrons. The van der Waals surface area contributed by atoms with Crippen molar-refractivity contribution in [2.75, 3.05) is 12.3 Å². The molecule has 0 aliphatic carbocycles. The van der Waals surface area contributed by atoms with E-state index >= 15 is 0 Å². The van der Waals surface area contributed by atoms with Crippen LogP contribution in [0, 0.1) is 18.3 Å². The van der Waals surface area contributed by atoms with Crippen LogP contribution in [0.5, 0.6) is 0 Å². The van der Waals surface area contributed by atoms with E-state index in [0.717, 1.165) is 11.1 Å². The predicted molar refractivity (Wildman–Crippen MR) is 105 cm³/mol. The zero-order valence-corrected chi connectivity index (χ0v) is 15.2. The van der Waals surface area contributed by atoms with Crippen molar-refractivity contribution in [3.05, 3.63) is 71.3 Å². The van der Waals surface area contributed by atoms with Crippen LogP contribution in [0.15, 0.2) is 54.6 Å². The summed E-state index contributed by atoms with van der Waals surface area (Å²) in [6.07, 6.45) is 0. The van der Waals surface area contributed by atoms with E-state index in [-0.39, 0.29) is 23.6 Å². The van der Waals surface area contributed by atoms with Crippen molar-refractivity contribution in [2.24, 2.45) is 0 Å². The Bertz CT molecular complexity index is 1020. The van der Waals surface area contributed by atoms with Crippen molar-refractivity contribution in [1.29, 1.82) is 5.26 Å². The summed E-state index contributed by atoms with van der Waals surface area (Å²) in [6.45, 7) is 3.92. The third-order valence-corrected chi connectivity index (χ3v) is 4.20. The molecule has 0 unspecified atom stereocenters. The number of nitrogen functional groups attached to an aromatic ring is 1. The quantitative estimate of drug-likeness (QED) is 0.701. The molecule has 3 rings (SSSR count). The first-order valence-electron chi connectivity index (χ1n) is 8.60. The highest BCUT2D eigenvalue weighted by Crippen LogP contribution is 2.37. The first-order chi connectivity index (χ1) is 13.1. The highest BCUT2D eigenvalue weighted by Gasteiger charge is 2.26. The highest BCUT2D eigenvalue weighted by molar-refractivity contribution is 6.05. The molecule has 0 bridgehead atoms. The summed E-state index contributed by atoms with van der Waals surface area (Å²) < 4.78 is 5.29. The zero-order valence-electron chi connectivity index (χ0n) is 15.2. The summed E-state index contributed by atoms with van der Waals surface area (Å²) in [5.41, 5.74) is 9.87. The predicted octanol–water partition coefficient (Wildman–Crippen LogP) is 4.35. The van der Waals surface area contributed by atoms with E-state index in [1.165, 1.54) is 0 Å². The number of nitrogens with two attached hydrogens (primary N) is 1. The first-order valence-corrected chi connectivity index (χ1v) is 8.60. The summed E-state index contributed by atoms with van der Waals surface area (Å²) in [4.78, 5) is 17.2.